The van der Waals surface area contributed by atoms with Crippen molar-refractivity contribution >= 4 is 11.6 Å². The zero-order valence-corrected chi connectivity index (χ0v) is 11.5. The predicted octanol–water partition coefficient (Wildman–Crippen LogP) is 3.90. The van der Waals surface area contributed by atoms with Crippen molar-refractivity contribution in [3.63, 3.8) is 0 Å². The Hall–Kier alpha value is -2.88. The molecule has 0 aliphatic carbocycles. The van der Waals surface area contributed by atoms with Crippen LogP contribution in [0.15, 0.2) is 65.2 Å². The molecule has 0 saturated carbocycles. The molecule has 2 aromatic carbocycles. The molecule has 1 amide bonds. The van der Waals surface area contributed by atoms with Gasteiger partial charge in [-0.1, -0.05) is 53.7 Å². The Morgan fingerprint density at radius 3 is 2.52 bits per heavy atom. The van der Waals surface area contributed by atoms with Gasteiger partial charge in [-0.3, -0.25) is 4.79 Å². The van der Waals surface area contributed by atoms with Crippen molar-refractivity contribution in [1.29, 1.82) is 0 Å². The van der Waals surface area contributed by atoms with Gasteiger partial charge in [0.25, 0.3) is 5.91 Å². The molecule has 21 heavy (non-hydrogen) atoms. The molecule has 1 heterocycles. The fourth-order valence-electron chi connectivity index (χ4n) is 2.02. The van der Waals surface area contributed by atoms with Crippen LogP contribution in [0.2, 0.25) is 0 Å². The highest BCUT2D eigenvalue weighted by molar-refractivity contribution is 6.03. The third kappa shape index (κ3) is 2.84. The Balaban J connectivity index is 1.80. The van der Waals surface area contributed by atoms with Crippen molar-refractivity contribution in [2.24, 2.45) is 0 Å². The number of hydrogen-bond acceptors (Lipinski definition) is 3. The molecule has 3 aromatic rings. The molecule has 1 N–H and O–H groups in total. The summed E-state index contributed by atoms with van der Waals surface area (Å²) in [7, 11) is 0. The van der Waals surface area contributed by atoms with Crippen LogP contribution in [-0.2, 0) is 0 Å². The fraction of sp³-hybridized carbons (Fsp3) is 0.0588. The molecular weight excluding hydrogens is 264 g/mol. The Kier molecular flexibility index (Phi) is 3.51. The Morgan fingerprint density at radius 1 is 1.05 bits per heavy atom. The fourth-order valence-corrected chi connectivity index (χ4v) is 2.02. The molecule has 0 aliphatic heterocycles. The first-order valence-electron chi connectivity index (χ1n) is 6.63. The minimum absolute atomic E-state index is 0.261. The summed E-state index contributed by atoms with van der Waals surface area (Å²) in [6.07, 6.45) is 0. The molecule has 0 aliphatic rings. The number of benzene rings is 2. The summed E-state index contributed by atoms with van der Waals surface area (Å²) >= 11 is 0. The molecule has 0 spiro atoms. The molecule has 3 rings (SSSR count). The first-order valence-corrected chi connectivity index (χ1v) is 6.63. The summed E-state index contributed by atoms with van der Waals surface area (Å²) in [4.78, 5) is 12.2. The monoisotopic (exact) mass is 278 g/mol. The van der Waals surface area contributed by atoms with E-state index < -0.39 is 0 Å². The smallest absolute Gasteiger partial charge is 0.277 e. The van der Waals surface area contributed by atoms with Crippen molar-refractivity contribution in [2.75, 3.05) is 5.32 Å². The van der Waals surface area contributed by atoms with Crippen molar-refractivity contribution in [2.45, 2.75) is 6.92 Å². The molecule has 0 bridgehead atoms. The highest BCUT2D eigenvalue weighted by Crippen LogP contribution is 2.21. The van der Waals surface area contributed by atoms with Crippen LogP contribution in [0, 0.1) is 6.92 Å². The zero-order valence-electron chi connectivity index (χ0n) is 11.5. The van der Waals surface area contributed by atoms with Crippen LogP contribution in [-0.4, -0.2) is 11.1 Å². The molecular formula is C17H14N2O2. The number of para-hydroxylation sites is 1. The first-order chi connectivity index (χ1) is 10.2. The Bertz CT molecular complexity index is 763. The molecule has 4 heteroatoms. The van der Waals surface area contributed by atoms with Crippen molar-refractivity contribution < 1.29 is 9.32 Å². The molecule has 1 aromatic heterocycles. The van der Waals surface area contributed by atoms with Crippen LogP contribution in [0.1, 0.15) is 16.1 Å². The quantitative estimate of drug-likeness (QED) is 0.790. The number of nitrogens with zero attached hydrogens (tertiary/aromatic N) is 1. The second-order valence-electron chi connectivity index (χ2n) is 4.71. The van der Waals surface area contributed by atoms with Crippen molar-refractivity contribution in [1.82, 2.24) is 5.16 Å². The van der Waals surface area contributed by atoms with E-state index >= 15 is 0 Å². The minimum Gasteiger partial charge on any atom is -0.355 e. The maximum Gasteiger partial charge on any atom is 0.277 e. The number of hydrogen-bond donors (Lipinski definition) is 1. The van der Waals surface area contributed by atoms with Crippen LogP contribution in [0.25, 0.3) is 11.3 Å². The lowest BCUT2D eigenvalue weighted by Crippen LogP contribution is -2.12. The van der Waals surface area contributed by atoms with Gasteiger partial charge >= 0.3 is 0 Å². The Labute approximate surface area is 122 Å². The van der Waals surface area contributed by atoms with Gasteiger partial charge in [-0.25, -0.2) is 0 Å². The second-order valence-corrected chi connectivity index (χ2v) is 4.71. The molecule has 0 saturated heterocycles. The zero-order chi connectivity index (χ0) is 14.7. The van der Waals surface area contributed by atoms with E-state index in [1.54, 1.807) is 6.07 Å². The Morgan fingerprint density at radius 2 is 1.76 bits per heavy atom. The van der Waals surface area contributed by atoms with E-state index in [4.69, 9.17) is 4.52 Å². The number of anilines is 1. The molecule has 4 nitrogen and oxygen atoms in total. The van der Waals surface area contributed by atoms with Gasteiger partial charge in [0, 0.05) is 17.3 Å². The maximum atomic E-state index is 12.2. The second kappa shape index (κ2) is 5.63. The highest BCUT2D eigenvalue weighted by atomic mass is 16.5. The topological polar surface area (TPSA) is 55.1 Å². The van der Waals surface area contributed by atoms with Gasteiger partial charge in [-0.15, -0.1) is 0 Å². The number of carbonyl (C=O) groups is 1. The van der Waals surface area contributed by atoms with Gasteiger partial charge in [0.1, 0.15) is 0 Å². The van der Waals surface area contributed by atoms with E-state index in [0.717, 1.165) is 16.8 Å². The summed E-state index contributed by atoms with van der Waals surface area (Å²) in [5.41, 5.74) is 2.92. The van der Waals surface area contributed by atoms with E-state index in [1.807, 2.05) is 61.5 Å². The average molecular weight is 278 g/mol. The van der Waals surface area contributed by atoms with Crippen LogP contribution in [0.3, 0.4) is 0 Å². The summed E-state index contributed by atoms with van der Waals surface area (Å²) in [6.45, 7) is 1.94. The lowest BCUT2D eigenvalue weighted by Gasteiger charge is -2.05. The van der Waals surface area contributed by atoms with Crippen LogP contribution < -0.4 is 5.32 Å². The normalized spacial score (nSPS) is 10.3. The predicted molar refractivity (Wildman–Crippen MR) is 81.1 cm³/mol. The molecule has 0 radical (unpaired) electrons. The average Bonchev–Trinajstić information content (AvgIpc) is 3.00. The third-order valence-corrected chi connectivity index (χ3v) is 3.19. The number of aromatic nitrogens is 1. The van der Waals surface area contributed by atoms with Crippen molar-refractivity contribution in [3.8, 4) is 11.3 Å². The molecule has 104 valence electrons. The largest absolute Gasteiger partial charge is 0.355 e. The lowest BCUT2D eigenvalue weighted by atomic mass is 10.1. The summed E-state index contributed by atoms with van der Waals surface area (Å²) in [5, 5.41) is 6.66. The minimum atomic E-state index is -0.282. The van der Waals surface area contributed by atoms with Crippen LogP contribution in [0.4, 0.5) is 5.69 Å². The van der Waals surface area contributed by atoms with E-state index in [1.165, 1.54) is 0 Å². The number of nitrogens with one attached hydrogen (secondary N) is 1. The summed E-state index contributed by atoms with van der Waals surface area (Å²) in [6, 6.07) is 18.8. The van der Waals surface area contributed by atoms with Gasteiger partial charge in [-0.2, -0.15) is 0 Å². The molecule has 0 unspecified atom stereocenters. The summed E-state index contributed by atoms with van der Waals surface area (Å²) in [5.74, 6) is 0.292. The first kappa shape index (κ1) is 13.1. The number of aryl methyl sites for hydroxylation is 1. The third-order valence-electron chi connectivity index (χ3n) is 3.19. The van der Waals surface area contributed by atoms with Gasteiger partial charge in [0.2, 0.25) is 0 Å². The highest BCUT2D eigenvalue weighted by Gasteiger charge is 2.14. The van der Waals surface area contributed by atoms with E-state index in [9.17, 15) is 4.79 Å². The number of carbonyl (C=O) groups excluding carboxylic acids is 1. The maximum absolute atomic E-state index is 12.2. The van der Waals surface area contributed by atoms with Crippen LogP contribution in [0.5, 0.6) is 0 Å². The van der Waals surface area contributed by atoms with E-state index in [0.29, 0.717) is 5.76 Å². The van der Waals surface area contributed by atoms with Gasteiger partial charge < -0.3 is 9.84 Å². The van der Waals surface area contributed by atoms with Crippen molar-refractivity contribution in [3.05, 3.63) is 71.9 Å². The number of amides is 1. The summed E-state index contributed by atoms with van der Waals surface area (Å²) < 4.78 is 5.23. The molecule has 0 fully saturated rings. The molecule has 0 atom stereocenters. The SMILES string of the molecule is Cc1ccccc1NC(=O)c1cc(-c2ccccc2)on1. The van der Waals surface area contributed by atoms with Gasteiger partial charge in [0.05, 0.1) is 0 Å². The lowest BCUT2D eigenvalue weighted by molar-refractivity contribution is 0.101. The van der Waals surface area contributed by atoms with Gasteiger partial charge in [-0.05, 0) is 18.6 Å². The van der Waals surface area contributed by atoms with E-state index in [-0.39, 0.29) is 11.6 Å². The van der Waals surface area contributed by atoms with Crippen LogP contribution >= 0.6 is 0 Å². The van der Waals surface area contributed by atoms with Gasteiger partial charge in [0.15, 0.2) is 11.5 Å². The number of rotatable bonds is 3. The standard InChI is InChI=1S/C17H14N2O2/c1-12-7-5-6-10-14(12)18-17(20)15-11-16(21-19-15)13-8-3-2-4-9-13/h2-11H,1H3,(H,18,20). The van der Waals surface area contributed by atoms with E-state index in [2.05, 4.69) is 10.5 Å².